The van der Waals surface area contributed by atoms with Gasteiger partial charge in [-0.3, -0.25) is 9.59 Å². The maximum Gasteiger partial charge on any atom is 0.252 e. The number of methoxy groups -OCH3 is 1. The molecule has 3 rings (SSSR count). The minimum absolute atomic E-state index is 0.00549. The van der Waals surface area contributed by atoms with Crippen LogP contribution in [0.25, 0.3) is 0 Å². The molecule has 0 aromatic heterocycles. The molecule has 3 N–H and O–H groups in total. The van der Waals surface area contributed by atoms with E-state index in [1.807, 2.05) is 37.3 Å². The Kier molecular flexibility index (Phi) is 9.43. The highest BCUT2D eigenvalue weighted by Gasteiger charge is 2.30. The van der Waals surface area contributed by atoms with Crippen LogP contribution in [-0.4, -0.2) is 38.6 Å². The highest BCUT2D eigenvalue weighted by atomic mass is 35.5. The van der Waals surface area contributed by atoms with Crippen molar-refractivity contribution in [1.82, 2.24) is 10.6 Å². The fraction of sp³-hybridized carbons (Fsp3) is 0.462. The van der Waals surface area contributed by atoms with Gasteiger partial charge >= 0.3 is 0 Å². The standard InChI is InChI=1S/C26H34ClN3O3/c1-18-8-13-24(27)22(16-18)25(31)30-17-23(19-6-4-3-5-7-19)26(32)29-15-14-28-20-9-11-21(33-2)12-10-20/h8-13,16,19,23,28H,3-7,14-15,17H2,1-2H3,(H,29,32)(H,30,31). The van der Waals surface area contributed by atoms with Gasteiger partial charge in [0.1, 0.15) is 5.75 Å². The molecule has 0 radical (unpaired) electrons. The van der Waals surface area contributed by atoms with Crippen molar-refractivity contribution >= 4 is 29.1 Å². The summed E-state index contributed by atoms with van der Waals surface area (Å²) in [6.07, 6.45) is 5.50. The number of benzene rings is 2. The van der Waals surface area contributed by atoms with Gasteiger partial charge in [0.25, 0.3) is 5.91 Å². The zero-order valence-corrected chi connectivity index (χ0v) is 20.2. The molecule has 0 heterocycles. The maximum atomic E-state index is 13.1. The second-order valence-electron chi connectivity index (χ2n) is 8.64. The van der Waals surface area contributed by atoms with Crippen LogP contribution in [0, 0.1) is 18.8 Å². The number of hydrogen-bond acceptors (Lipinski definition) is 4. The largest absolute Gasteiger partial charge is 0.497 e. The van der Waals surface area contributed by atoms with Crippen LogP contribution in [0.1, 0.15) is 48.0 Å². The third-order valence-corrected chi connectivity index (χ3v) is 6.58. The molecule has 0 aliphatic heterocycles. The maximum absolute atomic E-state index is 13.1. The average molecular weight is 472 g/mol. The van der Waals surface area contributed by atoms with Crippen molar-refractivity contribution in [2.45, 2.75) is 39.0 Å². The number of nitrogens with one attached hydrogen (secondary N) is 3. The Morgan fingerprint density at radius 3 is 2.45 bits per heavy atom. The van der Waals surface area contributed by atoms with E-state index in [0.717, 1.165) is 42.7 Å². The Morgan fingerprint density at radius 2 is 1.76 bits per heavy atom. The fourth-order valence-corrected chi connectivity index (χ4v) is 4.56. The number of hydrogen-bond donors (Lipinski definition) is 3. The zero-order chi connectivity index (χ0) is 23.6. The van der Waals surface area contributed by atoms with Crippen molar-refractivity contribution in [3.63, 3.8) is 0 Å². The number of aryl methyl sites for hydroxylation is 1. The van der Waals surface area contributed by atoms with Crippen LogP contribution in [0.15, 0.2) is 42.5 Å². The summed E-state index contributed by atoms with van der Waals surface area (Å²) >= 11 is 6.22. The summed E-state index contributed by atoms with van der Waals surface area (Å²) < 4.78 is 5.17. The number of amides is 2. The van der Waals surface area contributed by atoms with E-state index in [1.54, 1.807) is 19.2 Å². The summed E-state index contributed by atoms with van der Waals surface area (Å²) in [7, 11) is 1.64. The van der Waals surface area contributed by atoms with Gasteiger partial charge in [-0.15, -0.1) is 0 Å². The monoisotopic (exact) mass is 471 g/mol. The average Bonchev–Trinajstić information content (AvgIpc) is 2.84. The predicted octanol–water partition coefficient (Wildman–Crippen LogP) is 4.81. The first-order chi connectivity index (χ1) is 16.0. The van der Waals surface area contributed by atoms with Gasteiger partial charge in [0.15, 0.2) is 0 Å². The number of anilines is 1. The Hall–Kier alpha value is -2.73. The van der Waals surface area contributed by atoms with Crippen molar-refractivity contribution in [2.24, 2.45) is 11.8 Å². The fourth-order valence-electron chi connectivity index (χ4n) is 4.35. The molecule has 1 aliphatic rings. The van der Waals surface area contributed by atoms with E-state index in [0.29, 0.717) is 30.2 Å². The molecule has 6 nitrogen and oxygen atoms in total. The van der Waals surface area contributed by atoms with Gasteiger partial charge in [-0.1, -0.05) is 42.5 Å². The Labute approximate surface area is 201 Å². The SMILES string of the molecule is COc1ccc(NCCNC(=O)C(CNC(=O)c2cc(C)ccc2Cl)C2CCCCC2)cc1. The minimum Gasteiger partial charge on any atom is -0.497 e. The van der Waals surface area contributed by atoms with Crippen molar-refractivity contribution in [3.8, 4) is 5.75 Å². The van der Waals surface area contributed by atoms with Gasteiger partial charge in [0.05, 0.1) is 23.6 Å². The summed E-state index contributed by atoms with van der Waals surface area (Å²) in [6, 6.07) is 13.0. The van der Waals surface area contributed by atoms with Crippen LogP contribution < -0.4 is 20.7 Å². The topological polar surface area (TPSA) is 79.5 Å². The summed E-state index contributed by atoms with van der Waals surface area (Å²) in [5.41, 5.74) is 2.38. The second-order valence-corrected chi connectivity index (χ2v) is 9.05. The van der Waals surface area contributed by atoms with Crippen molar-refractivity contribution in [1.29, 1.82) is 0 Å². The van der Waals surface area contributed by atoms with Gasteiger partial charge < -0.3 is 20.7 Å². The second kappa shape index (κ2) is 12.5. The third kappa shape index (κ3) is 7.39. The van der Waals surface area contributed by atoms with Crippen molar-refractivity contribution in [3.05, 3.63) is 58.6 Å². The molecule has 1 fully saturated rings. The molecule has 0 saturated heterocycles. The molecule has 1 unspecified atom stereocenters. The smallest absolute Gasteiger partial charge is 0.252 e. The Bertz CT molecular complexity index is 927. The lowest BCUT2D eigenvalue weighted by molar-refractivity contribution is -0.126. The quantitative estimate of drug-likeness (QED) is 0.434. The van der Waals surface area contributed by atoms with Gasteiger partial charge in [-0.2, -0.15) is 0 Å². The van der Waals surface area contributed by atoms with Crippen LogP contribution in [0.3, 0.4) is 0 Å². The van der Waals surface area contributed by atoms with E-state index in [4.69, 9.17) is 16.3 Å². The molecule has 33 heavy (non-hydrogen) atoms. The molecule has 7 heteroatoms. The van der Waals surface area contributed by atoms with Crippen LogP contribution in [0.2, 0.25) is 5.02 Å². The van der Waals surface area contributed by atoms with Gasteiger partial charge in [0, 0.05) is 25.3 Å². The Balaban J connectivity index is 1.54. The molecule has 2 aromatic carbocycles. The van der Waals surface area contributed by atoms with Crippen LogP contribution in [0.4, 0.5) is 5.69 Å². The lowest BCUT2D eigenvalue weighted by Gasteiger charge is -2.29. The molecule has 2 amide bonds. The molecule has 2 aromatic rings. The third-order valence-electron chi connectivity index (χ3n) is 6.25. The first-order valence-corrected chi connectivity index (χ1v) is 12.1. The number of ether oxygens (including phenoxy) is 1. The molecule has 178 valence electrons. The normalized spacial score (nSPS) is 14.9. The highest BCUT2D eigenvalue weighted by molar-refractivity contribution is 6.33. The zero-order valence-electron chi connectivity index (χ0n) is 19.5. The first kappa shape index (κ1) is 24.9. The number of rotatable bonds is 10. The van der Waals surface area contributed by atoms with Crippen LogP contribution in [0.5, 0.6) is 5.75 Å². The Morgan fingerprint density at radius 1 is 1.03 bits per heavy atom. The lowest BCUT2D eigenvalue weighted by atomic mass is 9.79. The predicted molar refractivity (Wildman–Crippen MR) is 133 cm³/mol. The molecular weight excluding hydrogens is 438 g/mol. The van der Waals surface area contributed by atoms with E-state index in [-0.39, 0.29) is 23.7 Å². The van der Waals surface area contributed by atoms with E-state index in [2.05, 4.69) is 16.0 Å². The molecule has 0 spiro atoms. The van der Waals surface area contributed by atoms with Gasteiger partial charge in [0.2, 0.25) is 5.91 Å². The van der Waals surface area contributed by atoms with E-state index in [9.17, 15) is 9.59 Å². The summed E-state index contributed by atoms with van der Waals surface area (Å²) in [5.74, 6) is 0.589. The number of halogens is 1. The van der Waals surface area contributed by atoms with E-state index >= 15 is 0 Å². The van der Waals surface area contributed by atoms with Gasteiger partial charge in [-0.05, 0) is 62.1 Å². The molecular formula is C26H34ClN3O3. The van der Waals surface area contributed by atoms with Crippen molar-refractivity contribution in [2.75, 3.05) is 32.1 Å². The van der Waals surface area contributed by atoms with Crippen LogP contribution >= 0.6 is 11.6 Å². The van der Waals surface area contributed by atoms with Gasteiger partial charge in [-0.25, -0.2) is 0 Å². The minimum atomic E-state index is -0.251. The molecule has 0 bridgehead atoms. The summed E-state index contributed by atoms with van der Waals surface area (Å²) in [6.45, 7) is 3.35. The molecule has 1 saturated carbocycles. The van der Waals surface area contributed by atoms with Crippen LogP contribution in [-0.2, 0) is 4.79 Å². The summed E-state index contributed by atoms with van der Waals surface area (Å²) in [4.78, 5) is 25.8. The molecule has 1 atom stereocenters. The van der Waals surface area contributed by atoms with E-state index in [1.165, 1.54) is 6.42 Å². The first-order valence-electron chi connectivity index (χ1n) is 11.7. The van der Waals surface area contributed by atoms with E-state index < -0.39 is 0 Å². The number of carbonyl (C=O) groups excluding carboxylic acids is 2. The lowest BCUT2D eigenvalue weighted by Crippen LogP contribution is -2.44. The number of carbonyl (C=O) groups is 2. The van der Waals surface area contributed by atoms with Crippen molar-refractivity contribution < 1.29 is 14.3 Å². The highest BCUT2D eigenvalue weighted by Crippen LogP contribution is 2.30. The summed E-state index contributed by atoms with van der Waals surface area (Å²) in [5, 5.41) is 9.73. The molecule has 1 aliphatic carbocycles.